The second-order valence-electron chi connectivity index (χ2n) is 2.67. The maximum Gasteiger partial charge on any atom is 0.337 e. The largest absolute Gasteiger partial charge is 0.337 e. The minimum atomic E-state index is -4.34. The van der Waals surface area contributed by atoms with Crippen LogP contribution in [0.4, 0.5) is 0 Å². The molecule has 0 spiro atoms. The van der Waals surface area contributed by atoms with Crippen LogP contribution in [0.5, 0.6) is 0 Å². The average molecular weight is 285 g/mol. The Hall–Kier alpha value is 0.740. The van der Waals surface area contributed by atoms with Gasteiger partial charge in [-0.3, -0.25) is 4.55 Å². The van der Waals surface area contributed by atoms with Crippen molar-refractivity contribution < 1.29 is 13.0 Å². The minimum absolute atomic E-state index is 0.0313. The highest BCUT2D eigenvalue weighted by molar-refractivity contribution is 7.83. The molecule has 0 aromatic carbocycles. The maximum absolute atomic E-state index is 10.9. The van der Waals surface area contributed by atoms with E-state index in [0.29, 0.717) is 6.42 Å². The van der Waals surface area contributed by atoms with Gasteiger partial charge in [-0.05, 0) is 13.3 Å². The molecule has 0 rings (SSSR count). The molecule has 0 bridgehead atoms. The Balaban J connectivity index is 4.80. The van der Waals surface area contributed by atoms with E-state index in [2.05, 4.69) is 0 Å². The first-order valence-electron chi connectivity index (χ1n) is 3.86. The summed E-state index contributed by atoms with van der Waals surface area (Å²) in [5.41, 5.74) is -0.864. The lowest BCUT2D eigenvalue weighted by Gasteiger charge is -2.28. The maximum atomic E-state index is 10.9. The molecule has 1 N–H and O–H groups in total. The van der Waals surface area contributed by atoms with Crippen LogP contribution in [0.3, 0.4) is 0 Å². The summed E-state index contributed by atoms with van der Waals surface area (Å²) in [6.45, 7) is 1.43. The van der Waals surface area contributed by atoms with Gasteiger partial charge in [0.05, 0.1) is 5.50 Å². The van der Waals surface area contributed by atoms with Crippen LogP contribution >= 0.6 is 34.8 Å². The van der Waals surface area contributed by atoms with Crippen molar-refractivity contribution in [1.29, 1.82) is 0 Å². The number of alkyl halides is 3. The Bertz CT molecular complexity index is 257. The van der Waals surface area contributed by atoms with E-state index in [-0.39, 0.29) is 11.8 Å². The molecule has 2 atom stereocenters. The van der Waals surface area contributed by atoms with E-state index < -0.39 is 21.8 Å². The summed E-state index contributed by atoms with van der Waals surface area (Å²) in [6.07, 6.45) is 0.335. The Morgan fingerprint density at radius 2 is 1.93 bits per heavy atom. The molecule has 0 aromatic heterocycles. The van der Waals surface area contributed by atoms with Crippen molar-refractivity contribution in [2.75, 3.05) is 11.8 Å². The number of halogens is 3. The van der Waals surface area contributed by atoms with Gasteiger partial charge in [0.2, 0.25) is 0 Å². The van der Waals surface area contributed by atoms with Gasteiger partial charge in [-0.15, -0.1) is 34.8 Å². The molecule has 86 valence electrons. The zero-order valence-electron chi connectivity index (χ0n) is 7.53. The van der Waals surface area contributed by atoms with Crippen molar-refractivity contribution in [3.63, 3.8) is 0 Å². The molecule has 0 fully saturated rings. The smallest absolute Gasteiger partial charge is 0.273 e. The zero-order chi connectivity index (χ0) is 11.4. The third-order valence-electron chi connectivity index (χ3n) is 1.60. The molecule has 0 aliphatic rings. The van der Waals surface area contributed by atoms with Crippen molar-refractivity contribution in [3.8, 4) is 0 Å². The van der Waals surface area contributed by atoms with Crippen LogP contribution in [0.25, 0.3) is 0 Å². The van der Waals surface area contributed by atoms with Gasteiger partial charge < -0.3 is 0 Å². The average Bonchev–Trinajstić information content (AvgIpc) is 2.00. The lowest BCUT2D eigenvalue weighted by Crippen LogP contribution is -2.44. The first-order chi connectivity index (χ1) is 6.34. The minimum Gasteiger partial charge on any atom is -0.273 e. The summed E-state index contributed by atoms with van der Waals surface area (Å²) in [7, 11) is -4.34. The second-order valence-corrected chi connectivity index (χ2v) is 5.30. The van der Waals surface area contributed by atoms with E-state index in [1.165, 1.54) is 6.92 Å². The Kier molecular flexibility index (Phi) is 6.69. The van der Waals surface area contributed by atoms with Gasteiger partial charge in [-0.2, -0.15) is 12.7 Å². The lowest BCUT2D eigenvalue weighted by atomic mass is 10.2. The highest BCUT2D eigenvalue weighted by Crippen LogP contribution is 2.18. The topological polar surface area (TPSA) is 57.6 Å². The van der Waals surface area contributed by atoms with Gasteiger partial charge >= 0.3 is 10.3 Å². The number of nitrogens with zero attached hydrogens (tertiary/aromatic N) is 1. The molecule has 0 heterocycles. The summed E-state index contributed by atoms with van der Waals surface area (Å²) in [4.78, 5) is 0. The summed E-state index contributed by atoms with van der Waals surface area (Å²) < 4.78 is 31.5. The summed E-state index contributed by atoms with van der Waals surface area (Å²) in [6, 6.07) is -0.586. The van der Waals surface area contributed by atoms with E-state index in [4.69, 9.17) is 39.4 Å². The molecule has 14 heavy (non-hydrogen) atoms. The monoisotopic (exact) mass is 283 g/mol. The molecule has 0 amide bonds. The van der Waals surface area contributed by atoms with E-state index in [1.54, 1.807) is 0 Å². The second kappa shape index (κ2) is 6.35. The summed E-state index contributed by atoms with van der Waals surface area (Å²) >= 11 is 16.6. The van der Waals surface area contributed by atoms with Gasteiger partial charge in [-0.1, -0.05) is 0 Å². The molecular formula is C6H12Cl3NO3S. The molecule has 0 saturated carbocycles. The molecule has 8 heteroatoms. The predicted molar refractivity (Wildman–Crippen MR) is 58.5 cm³/mol. The van der Waals surface area contributed by atoms with Gasteiger partial charge in [0.1, 0.15) is 0 Å². The van der Waals surface area contributed by atoms with Crippen LogP contribution in [-0.2, 0) is 10.3 Å². The quantitative estimate of drug-likeness (QED) is 0.460. The summed E-state index contributed by atoms with van der Waals surface area (Å²) in [5, 5.41) is 0. The number of hydrogen-bond acceptors (Lipinski definition) is 2. The van der Waals surface area contributed by atoms with Crippen molar-refractivity contribution in [3.05, 3.63) is 0 Å². The highest BCUT2D eigenvalue weighted by atomic mass is 35.5. The van der Waals surface area contributed by atoms with Crippen molar-refractivity contribution >= 4 is 45.1 Å². The van der Waals surface area contributed by atoms with E-state index in [9.17, 15) is 8.42 Å². The molecule has 0 aliphatic heterocycles. The summed E-state index contributed by atoms with van der Waals surface area (Å²) in [5.74, 6) is 0.274. The molecule has 2 unspecified atom stereocenters. The van der Waals surface area contributed by atoms with Gasteiger partial charge in [0, 0.05) is 17.8 Å². The van der Waals surface area contributed by atoms with Crippen molar-refractivity contribution in [2.24, 2.45) is 0 Å². The Labute approximate surface area is 99.0 Å². The van der Waals surface area contributed by atoms with Crippen molar-refractivity contribution in [1.82, 2.24) is 4.31 Å². The molecule has 0 saturated heterocycles. The SMILES string of the molecule is CC(Cl)N(C(CCl)CCCl)S(=O)(=O)O. The van der Waals surface area contributed by atoms with Crippen LogP contribution in [0.2, 0.25) is 0 Å². The third kappa shape index (κ3) is 4.51. The molecule has 0 aliphatic carbocycles. The van der Waals surface area contributed by atoms with E-state index >= 15 is 0 Å². The molecule has 4 nitrogen and oxygen atoms in total. The first-order valence-corrected chi connectivity index (χ1v) is 6.76. The van der Waals surface area contributed by atoms with E-state index in [0.717, 1.165) is 4.31 Å². The van der Waals surface area contributed by atoms with Crippen LogP contribution < -0.4 is 0 Å². The number of rotatable bonds is 6. The fraction of sp³-hybridized carbons (Fsp3) is 1.00. The Morgan fingerprint density at radius 3 is 2.14 bits per heavy atom. The standard InChI is InChI=1S/C6H12Cl3NO3S/c1-5(9)10(14(11,12)13)6(4-8)2-3-7/h5-6H,2-4H2,1H3,(H,11,12,13). The third-order valence-corrected chi connectivity index (χ3v) is 3.65. The van der Waals surface area contributed by atoms with Crippen LogP contribution in [-0.4, -0.2) is 40.6 Å². The first kappa shape index (κ1) is 14.7. The fourth-order valence-corrected chi connectivity index (χ4v) is 3.08. The van der Waals surface area contributed by atoms with Crippen LogP contribution in [0, 0.1) is 0 Å². The van der Waals surface area contributed by atoms with Gasteiger partial charge in [0.25, 0.3) is 0 Å². The Morgan fingerprint density at radius 1 is 1.43 bits per heavy atom. The molecule has 0 aromatic rings. The molecular weight excluding hydrogens is 272 g/mol. The number of hydrogen-bond donors (Lipinski definition) is 1. The molecule has 0 radical (unpaired) electrons. The van der Waals surface area contributed by atoms with E-state index in [1.807, 2.05) is 0 Å². The van der Waals surface area contributed by atoms with Crippen LogP contribution in [0.1, 0.15) is 13.3 Å². The zero-order valence-corrected chi connectivity index (χ0v) is 10.6. The lowest BCUT2D eigenvalue weighted by molar-refractivity contribution is 0.287. The normalized spacial score (nSPS) is 17.0. The highest BCUT2D eigenvalue weighted by Gasteiger charge is 2.31. The van der Waals surface area contributed by atoms with Gasteiger partial charge in [0.15, 0.2) is 0 Å². The predicted octanol–water partition coefficient (Wildman–Crippen LogP) is 1.91. The van der Waals surface area contributed by atoms with Crippen LogP contribution in [0.15, 0.2) is 0 Å². The van der Waals surface area contributed by atoms with Crippen molar-refractivity contribution in [2.45, 2.75) is 24.9 Å². The van der Waals surface area contributed by atoms with Gasteiger partial charge in [-0.25, -0.2) is 0 Å². The fourth-order valence-electron chi connectivity index (χ4n) is 1.06.